The summed E-state index contributed by atoms with van der Waals surface area (Å²) in [5, 5.41) is 3.71. The van der Waals surface area contributed by atoms with Gasteiger partial charge in [0.2, 0.25) is 0 Å². The van der Waals surface area contributed by atoms with Gasteiger partial charge in [0, 0.05) is 18.2 Å². The largest absolute Gasteiger partial charge is 0.491 e. The Hall–Kier alpha value is -1.02. The molecule has 1 fully saturated rings. The average Bonchev–Trinajstić information content (AvgIpc) is 2.68. The molecular formula is C17H27NO. The molecule has 1 aromatic carbocycles. The lowest BCUT2D eigenvalue weighted by molar-refractivity contribution is 0.239. The topological polar surface area (TPSA) is 21.3 Å². The fraction of sp³-hybridized carbons (Fsp3) is 0.647. The van der Waals surface area contributed by atoms with Crippen molar-refractivity contribution in [3.63, 3.8) is 0 Å². The monoisotopic (exact) mass is 261 g/mol. The van der Waals surface area contributed by atoms with Gasteiger partial charge in [0.15, 0.2) is 0 Å². The SMILES string of the molecule is CC(C)Oc1ccccc1CNC1CCC(C)C1C. The molecule has 1 aliphatic rings. The fourth-order valence-corrected chi connectivity index (χ4v) is 2.91. The number of benzene rings is 1. The zero-order valence-electron chi connectivity index (χ0n) is 12.6. The van der Waals surface area contributed by atoms with E-state index in [1.165, 1.54) is 18.4 Å². The number of hydrogen-bond acceptors (Lipinski definition) is 2. The van der Waals surface area contributed by atoms with Crippen LogP contribution in [0.5, 0.6) is 5.75 Å². The zero-order valence-corrected chi connectivity index (χ0v) is 12.6. The predicted molar refractivity (Wildman–Crippen MR) is 80.4 cm³/mol. The molecule has 2 rings (SSSR count). The van der Waals surface area contributed by atoms with Gasteiger partial charge < -0.3 is 10.1 Å². The zero-order chi connectivity index (χ0) is 13.8. The van der Waals surface area contributed by atoms with E-state index in [-0.39, 0.29) is 6.10 Å². The maximum absolute atomic E-state index is 5.87. The molecule has 106 valence electrons. The molecule has 0 spiro atoms. The van der Waals surface area contributed by atoms with Crippen LogP contribution >= 0.6 is 0 Å². The minimum atomic E-state index is 0.228. The minimum Gasteiger partial charge on any atom is -0.491 e. The Morgan fingerprint density at radius 3 is 2.58 bits per heavy atom. The van der Waals surface area contributed by atoms with E-state index in [1.54, 1.807) is 0 Å². The Morgan fingerprint density at radius 1 is 1.21 bits per heavy atom. The van der Waals surface area contributed by atoms with Gasteiger partial charge in [-0.3, -0.25) is 0 Å². The summed E-state index contributed by atoms with van der Waals surface area (Å²) in [5.74, 6) is 2.64. The van der Waals surface area contributed by atoms with Crippen LogP contribution in [0.4, 0.5) is 0 Å². The molecule has 0 saturated heterocycles. The highest BCUT2D eigenvalue weighted by Crippen LogP contribution is 2.31. The van der Waals surface area contributed by atoms with Crippen LogP contribution in [0.1, 0.15) is 46.1 Å². The van der Waals surface area contributed by atoms with Crippen molar-refractivity contribution < 1.29 is 4.74 Å². The van der Waals surface area contributed by atoms with Crippen LogP contribution in [-0.2, 0) is 6.54 Å². The van der Waals surface area contributed by atoms with Crippen LogP contribution in [0.2, 0.25) is 0 Å². The molecule has 0 radical (unpaired) electrons. The summed E-state index contributed by atoms with van der Waals surface area (Å²) in [7, 11) is 0. The molecular weight excluding hydrogens is 234 g/mol. The van der Waals surface area contributed by atoms with Gasteiger partial charge in [0.25, 0.3) is 0 Å². The molecule has 2 heteroatoms. The summed E-state index contributed by atoms with van der Waals surface area (Å²) in [5.41, 5.74) is 1.27. The normalized spacial score (nSPS) is 26.9. The van der Waals surface area contributed by atoms with E-state index in [0.29, 0.717) is 6.04 Å². The van der Waals surface area contributed by atoms with E-state index in [1.807, 2.05) is 6.07 Å². The Balaban J connectivity index is 1.96. The lowest BCUT2D eigenvalue weighted by Crippen LogP contribution is -2.32. The van der Waals surface area contributed by atoms with Crippen LogP contribution in [0, 0.1) is 11.8 Å². The molecule has 1 aromatic rings. The third-order valence-electron chi connectivity index (χ3n) is 4.36. The summed E-state index contributed by atoms with van der Waals surface area (Å²) in [6.45, 7) is 9.79. The molecule has 0 bridgehead atoms. The van der Waals surface area contributed by atoms with Crippen LogP contribution in [0.25, 0.3) is 0 Å². The molecule has 3 atom stereocenters. The number of ether oxygens (including phenoxy) is 1. The van der Waals surface area contributed by atoms with Gasteiger partial charge in [-0.2, -0.15) is 0 Å². The maximum Gasteiger partial charge on any atom is 0.124 e. The van der Waals surface area contributed by atoms with Gasteiger partial charge in [0.1, 0.15) is 5.75 Å². The van der Waals surface area contributed by atoms with Crippen LogP contribution < -0.4 is 10.1 Å². The van der Waals surface area contributed by atoms with Crippen LogP contribution in [0.3, 0.4) is 0 Å². The van der Waals surface area contributed by atoms with Gasteiger partial charge >= 0.3 is 0 Å². The van der Waals surface area contributed by atoms with Crippen molar-refractivity contribution in [1.82, 2.24) is 5.32 Å². The predicted octanol–water partition coefficient (Wildman–Crippen LogP) is 4.00. The summed E-state index contributed by atoms with van der Waals surface area (Å²) >= 11 is 0. The van der Waals surface area contributed by atoms with Gasteiger partial charge in [-0.25, -0.2) is 0 Å². The first-order valence-electron chi connectivity index (χ1n) is 7.56. The molecule has 2 nitrogen and oxygen atoms in total. The number of nitrogens with one attached hydrogen (secondary N) is 1. The summed E-state index contributed by atoms with van der Waals surface area (Å²) in [6.07, 6.45) is 2.88. The number of rotatable bonds is 5. The first-order chi connectivity index (χ1) is 9.08. The van der Waals surface area contributed by atoms with Gasteiger partial charge in [0.05, 0.1) is 6.10 Å². The third kappa shape index (κ3) is 3.73. The van der Waals surface area contributed by atoms with E-state index >= 15 is 0 Å². The van der Waals surface area contributed by atoms with Crippen molar-refractivity contribution in [2.45, 2.75) is 59.2 Å². The fourth-order valence-electron chi connectivity index (χ4n) is 2.91. The Labute approximate surface area is 117 Å². The van der Waals surface area contributed by atoms with E-state index < -0.39 is 0 Å². The van der Waals surface area contributed by atoms with Crippen molar-refractivity contribution in [1.29, 1.82) is 0 Å². The molecule has 0 aliphatic heterocycles. The van der Waals surface area contributed by atoms with Crippen molar-refractivity contribution in [2.24, 2.45) is 11.8 Å². The maximum atomic E-state index is 5.87. The van der Waals surface area contributed by atoms with Crippen molar-refractivity contribution in [3.8, 4) is 5.75 Å². The molecule has 3 unspecified atom stereocenters. The van der Waals surface area contributed by atoms with Crippen LogP contribution in [-0.4, -0.2) is 12.1 Å². The molecule has 0 heterocycles. The van der Waals surface area contributed by atoms with Gasteiger partial charge in [-0.05, 0) is 44.6 Å². The third-order valence-corrected chi connectivity index (χ3v) is 4.36. The first-order valence-corrected chi connectivity index (χ1v) is 7.56. The highest BCUT2D eigenvalue weighted by atomic mass is 16.5. The standard InChI is InChI=1S/C17H27NO/c1-12(2)19-17-8-6-5-7-15(17)11-18-16-10-9-13(3)14(16)4/h5-8,12-14,16,18H,9-11H2,1-4H3. The van der Waals surface area contributed by atoms with E-state index in [0.717, 1.165) is 24.1 Å². The Bertz CT molecular complexity index is 402. The molecule has 1 saturated carbocycles. The average molecular weight is 261 g/mol. The minimum absolute atomic E-state index is 0.228. The number of para-hydroxylation sites is 1. The van der Waals surface area contributed by atoms with E-state index in [2.05, 4.69) is 51.2 Å². The highest BCUT2D eigenvalue weighted by molar-refractivity contribution is 5.33. The second-order valence-corrected chi connectivity index (χ2v) is 6.18. The molecule has 1 N–H and O–H groups in total. The molecule has 19 heavy (non-hydrogen) atoms. The van der Waals surface area contributed by atoms with Crippen molar-refractivity contribution in [3.05, 3.63) is 29.8 Å². The van der Waals surface area contributed by atoms with Crippen molar-refractivity contribution >= 4 is 0 Å². The lowest BCUT2D eigenvalue weighted by Gasteiger charge is -2.21. The molecule has 1 aliphatic carbocycles. The quantitative estimate of drug-likeness (QED) is 0.865. The Kier molecular flexibility index (Phi) is 4.87. The second-order valence-electron chi connectivity index (χ2n) is 6.18. The van der Waals surface area contributed by atoms with Crippen LogP contribution in [0.15, 0.2) is 24.3 Å². The van der Waals surface area contributed by atoms with Gasteiger partial charge in [-0.15, -0.1) is 0 Å². The smallest absolute Gasteiger partial charge is 0.124 e. The lowest BCUT2D eigenvalue weighted by atomic mass is 9.97. The Morgan fingerprint density at radius 2 is 1.95 bits per heavy atom. The molecule has 0 amide bonds. The molecule has 0 aromatic heterocycles. The van der Waals surface area contributed by atoms with E-state index in [9.17, 15) is 0 Å². The summed E-state index contributed by atoms with van der Waals surface area (Å²) in [6, 6.07) is 9.01. The van der Waals surface area contributed by atoms with Crippen molar-refractivity contribution in [2.75, 3.05) is 0 Å². The van der Waals surface area contributed by atoms with Gasteiger partial charge in [-0.1, -0.05) is 32.0 Å². The van der Waals surface area contributed by atoms with E-state index in [4.69, 9.17) is 4.74 Å². The second kappa shape index (κ2) is 6.42. The number of hydrogen-bond donors (Lipinski definition) is 1. The summed E-state index contributed by atoms with van der Waals surface area (Å²) in [4.78, 5) is 0. The summed E-state index contributed by atoms with van der Waals surface area (Å²) < 4.78 is 5.87. The first kappa shape index (κ1) is 14.4. The highest BCUT2D eigenvalue weighted by Gasteiger charge is 2.29.